The number of aryl methyl sites for hydroxylation is 2. The van der Waals surface area contributed by atoms with Crippen molar-refractivity contribution in [2.45, 2.75) is 25.8 Å². The number of rotatable bonds is 5. The Morgan fingerprint density at radius 3 is 3.04 bits per heavy atom. The number of aromatic amines is 1. The molecule has 2 aliphatic rings. The van der Waals surface area contributed by atoms with Crippen LogP contribution in [0.4, 0.5) is 5.82 Å². The lowest BCUT2D eigenvalue weighted by molar-refractivity contribution is 0.381. The highest BCUT2D eigenvalue weighted by Crippen LogP contribution is 2.27. The number of benzene rings is 1. The van der Waals surface area contributed by atoms with E-state index in [0.717, 1.165) is 38.4 Å². The van der Waals surface area contributed by atoms with Gasteiger partial charge in [0.1, 0.15) is 0 Å². The molecule has 1 aliphatic heterocycles. The second-order valence-corrected chi connectivity index (χ2v) is 7.29. The molecule has 25 heavy (non-hydrogen) atoms. The molecule has 1 aromatic carbocycles. The Hall–Kier alpha value is -2.40. The summed E-state index contributed by atoms with van der Waals surface area (Å²) >= 11 is 0. The third kappa shape index (κ3) is 2.78. The van der Waals surface area contributed by atoms with Crippen LogP contribution in [0.1, 0.15) is 23.2 Å². The standard InChI is InChI=1S/C20H23N5/c1-2-6-19-17(5-1)16(11-22-19)10-21-9-14-12-25(13-14)20-8-15-4-3-7-18(15)23-24-20/h1-2,5-6,8,11,14,21-22H,3-4,7,9-10,12-13H2. The molecule has 3 heterocycles. The van der Waals surface area contributed by atoms with Crippen LogP contribution in [-0.4, -0.2) is 34.8 Å². The van der Waals surface area contributed by atoms with Gasteiger partial charge in [0.05, 0.1) is 5.69 Å². The molecule has 5 rings (SSSR count). The van der Waals surface area contributed by atoms with Crippen molar-refractivity contribution in [3.05, 3.63) is 53.3 Å². The van der Waals surface area contributed by atoms with E-state index in [0.29, 0.717) is 5.92 Å². The van der Waals surface area contributed by atoms with Gasteiger partial charge in [-0.15, -0.1) is 5.10 Å². The van der Waals surface area contributed by atoms with E-state index < -0.39 is 0 Å². The molecule has 0 saturated carbocycles. The van der Waals surface area contributed by atoms with Crippen LogP contribution in [0.15, 0.2) is 36.5 Å². The number of H-pyrrole nitrogens is 1. The van der Waals surface area contributed by atoms with Crippen molar-refractivity contribution in [3.8, 4) is 0 Å². The van der Waals surface area contributed by atoms with E-state index in [1.807, 2.05) is 0 Å². The summed E-state index contributed by atoms with van der Waals surface area (Å²) in [6.07, 6.45) is 5.61. The lowest BCUT2D eigenvalue weighted by atomic mass is 10.00. The minimum absolute atomic E-state index is 0.695. The fourth-order valence-electron chi connectivity index (χ4n) is 4.05. The Kier molecular flexibility index (Phi) is 3.67. The van der Waals surface area contributed by atoms with Gasteiger partial charge in [-0.25, -0.2) is 0 Å². The van der Waals surface area contributed by atoms with E-state index in [2.05, 4.69) is 61.9 Å². The van der Waals surface area contributed by atoms with E-state index in [4.69, 9.17) is 0 Å². The van der Waals surface area contributed by atoms with Gasteiger partial charge < -0.3 is 15.2 Å². The van der Waals surface area contributed by atoms with Crippen molar-refractivity contribution in [2.24, 2.45) is 5.92 Å². The molecule has 2 aromatic heterocycles. The number of aromatic nitrogens is 3. The van der Waals surface area contributed by atoms with Gasteiger partial charge in [0.2, 0.25) is 0 Å². The molecule has 1 fully saturated rings. The molecule has 0 amide bonds. The Morgan fingerprint density at radius 1 is 1.16 bits per heavy atom. The Balaban J connectivity index is 1.13. The normalized spacial score (nSPS) is 17.0. The van der Waals surface area contributed by atoms with Gasteiger partial charge in [-0.05, 0) is 42.5 Å². The molecule has 1 aliphatic carbocycles. The van der Waals surface area contributed by atoms with Crippen LogP contribution in [0.3, 0.4) is 0 Å². The maximum atomic E-state index is 4.41. The summed E-state index contributed by atoms with van der Waals surface area (Å²) in [7, 11) is 0. The average Bonchev–Trinajstić information content (AvgIpc) is 3.23. The molecular formula is C20H23N5. The highest BCUT2D eigenvalue weighted by molar-refractivity contribution is 5.82. The quantitative estimate of drug-likeness (QED) is 0.754. The maximum Gasteiger partial charge on any atom is 0.151 e. The lowest BCUT2D eigenvalue weighted by Crippen LogP contribution is -2.51. The molecule has 0 bridgehead atoms. The SMILES string of the molecule is c1ccc2c(CNCC3CN(c4cc5c(nn4)CCC5)C3)c[nH]c2c1. The number of para-hydroxylation sites is 1. The van der Waals surface area contributed by atoms with Gasteiger partial charge >= 0.3 is 0 Å². The summed E-state index contributed by atoms with van der Waals surface area (Å²) in [5, 5.41) is 13.7. The summed E-state index contributed by atoms with van der Waals surface area (Å²) in [6.45, 7) is 4.12. The Morgan fingerprint density at radius 2 is 2.08 bits per heavy atom. The van der Waals surface area contributed by atoms with Gasteiger partial charge in [-0.2, -0.15) is 5.10 Å². The molecular weight excluding hydrogens is 310 g/mol. The molecule has 128 valence electrons. The molecule has 2 N–H and O–H groups in total. The number of anilines is 1. The predicted molar refractivity (Wildman–Crippen MR) is 99.8 cm³/mol. The first-order valence-corrected chi connectivity index (χ1v) is 9.23. The second kappa shape index (κ2) is 6.15. The summed E-state index contributed by atoms with van der Waals surface area (Å²) in [6, 6.07) is 10.7. The summed E-state index contributed by atoms with van der Waals surface area (Å²) < 4.78 is 0. The van der Waals surface area contributed by atoms with Crippen LogP contribution < -0.4 is 10.2 Å². The number of nitrogens with one attached hydrogen (secondary N) is 2. The summed E-state index contributed by atoms with van der Waals surface area (Å²) in [5.41, 5.74) is 5.17. The first-order chi connectivity index (χ1) is 12.4. The van der Waals surface area contributed by atoms with Crippen molar-refractivity contribution >= 4 is 16.7 Å². The molecule has 0 radical (unpaired) electrons. The molecule has 0 unspecified atom stereocenters. The van der Waals surface area contributed by atoms with Gasteiger partial charge in [0, 0.05) is 49.2 Å². The van der Waals surface area contributed by atoms with Crippen molar-refractivity contribution in [1.29, 1.82) is 0 Å². The molecule has 5 heteroatoms. The van der Waals surface area contributed by atoms with Crippen molar-refractivity contribution in [3.63, 3.8) is 0 Å². The van der Waals surface area contributed by atoms with Crippen molar-refractivity contribution in [2.75, 3.05) is 24.5 Å². The third-order valence-corrected chi connectivity index (χ3v) is 5.51. The highest BCUT2D eigenvalue weighted by Gasteiger charge is 2.28. The number of fused-ring (bicyclic) bond motifs is 2. The number of nitrogens with zero attached hydrogens (tertiary/aromatic N) is 3. The van der Waals surface area contributed by atoms with Gasteiger partial charge in [-0.1, -0.05) is 18.2 Å². The zero-order chi connectivity index (χ0) is 16.6. The first-order valence-electron chi connectivity index (χ1n) is 9.23. The van der Waals surface area contributed by atoms with E-state index in [9.17, 15) is 0 Å². The first kappa shape index (κ1) is 14.9. The zero-order valence-electron chi connectivity index (χ0n) is 14.3. The van der Waals surface area contributed by atoms with Crippen molar-refractivity contribution in [1.82, 2.24) is 20.5 Å². The third-order valence-electron chi connectivity index (χ3n) is 5.51. The molecule has 0 spiro atoms. The zero-order valence-corrected chi connectivity index (χ0v) is 14.3. The molecule has 1 saturated heterocycles. The monoisotopic (exact) mass is 333 g/mol. The Labute approximate surface area is 147 Å². The molecule has 5 nitrogen and oxygen atoms in total. The largest absolute Gasteiger partial charge is 0.361 e. The minimum atomic E-state index is 0.695. The minimum Gasteiger partial charge on any atom is -0.361 e. The van der Waals surface area contributed by atoms with Gasteiger partial charge in [0.25, 0.3) is 0 Å². The maximum absolute atomic E-state index is 4.41. The number of hydrogen-bond acceptors (Lipinski definition) is 4. The van der Waals surface area contributed by atoms with Crippen LogP contribution in [0.2, 0.25) is 0 Å². The van der Waals surface area contributed by atoms with Gasteiger partial charge in [-0.3, -0.25) is 0 Å². The number of hydrogen-bond donors (Lipinski definition) is 2. The fraction of sp³-hybridized carbons (Fsp3) is 0.400. The molecule has 0 atom stereocenters. The van der Waals surface area contributed by atoms with Crippen molar-refractivity contribution < 1.29 is 0 Å². The van der Waals surface area contributed by atoms with E-state index >= 15 is 0 Å². The smallest absolute Gasteiger partial charge is 0.151 e. The predicted octanol–water partition coefficient (Wildman–Crippen LogP) is 2.67. The topological polar surface area (TPSA) is 56.8 Å². The average molecular weight is 333 g/mol. The second-order valence-electron chi connectivity index (χ2n) is 7.29. The van der Waals surface area contributed by atoms with Crippen LogP contribution in [-0.2, 0) is 19.4 Å². The Bertz CT molecular complexity index is 894. The highest BCUT2D eigenvalue weighted by atomic mass is 15.3. The van der Waals surface area contributed by atoms with E-state index in [-0.39, 0.29) is 0 Å². The van der Waals surface area contributed by atoms with E-state index in [1.165, 1.54) is 40.6 Å². The van der Waals surface area contributed by atoms with Gasteiger partial charge in [0.15, 0.2) is 5.82 Å². The summed E-state index contributed by atoms with van der Waals surface area (Å²) in [4.78, 5) is 5.69. The van der Waals surface area contributed by atoms with E-state index in [1.54, 1.807) is 0 Å². The summed E-state index contributed by atoms with van der Waals surface area (Å²) in [5.74, 6) is 1.76. The van der Waals surface area contributed by atoms with Crippen LogP contribution >= 0.6 is 0 Å². The van der Waals surface area contributed by atoms with Crippen LogP contribution in [0, 0.1) is 5.92 Å². The molecule has 3 aromatic rings. The van der Waals surface area contributed by atoms with Crippen LogP contribution in [0.25, 0.3) is 10.9 Å². The fourth-order valence-corrected chi connectivity index (χ4v) is 4.05. The van der Waals surface area contributed by atoms with Crippen LogP contribution in [0.5, 0.6) is 0 Å². The lowest BCUT2D eigenvalue weighted by Gasteiger charge is -2.40.